The second-order valence-corrected chi connectivity index (χ2v) is 4.43. The van der Waals surface area contributed by atoms with E-state index in [0.29, 0.717) is 6.04 Å². The van der Waals surface area contributed by atoms with E-state index < -0.39 is 0 Å². The third kappa shape index (κ3) is 2.03. The smallest absolute Gasteiger partial charge is 0.0625 e. The Balaban J connectivity index is 0.000000963. The molecule has 0 saturated carbocycles. The number of nitrogens with two attached hydrogens (primary N) is 1. The molecule has 2 N–H and O–H groups in total. The van der Waals surface area contributed by atoms with Crippen LogP contribution in [-0.2, 0) is 17.7 Å². The lowest BCUT2D eigenvalue weighted by atomic mass is 9.93. The topological polar surface area (TPSA) is 38.5 Å². The molecule has 1 aromatic carbocycles. The Morgan fingerprint density at radius 1 is 1.31 bits per heavy atom. The fraction of sp³-hybridized carbons (Fsp3) is 0.500. The standard InChI is InChI=1S/C12H16N2O.ClH/c13-11-2-1-9-6-12-8-15-4-3-14(12)7-10(9)5-11;/h1-2,5,12H,3-4,6-8,13H2;1H. The van der Waals surface area contributed by atoms with Crippen molar-refractivity contribution in [1.82, 2.24) is 4.90 Å². The van der Waals surface area contributed by atoms with E-state index in [1.807, 2.05) is 6.07 Å². The summed E-state index contributed by atoms with van der Waals surface area (Å²) in [5.41, 5.74) is 9.52. The first-order chi connectivity index (χ1) is 7.33. The molecule has 2 heterocycles. The summed E-state index contributed by atoms with van der Waals surface area (Å²) in [5, 5.41) is 0. The van der Waals surface area contributed by atoms with Gasteiger partial charge in [-0.2, -0.15) is 0 Å². The number of fused-ring (bicyclic) bond motifs is 2. The summed E-state index contributed by atoms with van der Waals surface area (Å²) in [6, 6.07) is 6.85. The van der Waals surface area contributed by atoms with Crippen molar-refractivity contribution in [3.8, 4) is 0 Å². The maximum absolute atomic E-state index is 5.81. The molecule has 16 heavy (non-hydrogen) atoms. The number of halogens is 1. The third-order valence-corrected chi connectivity index (χ3v) is 3.41. The van der Waals surface area contributed by atoms with Gasteiger partial charge in [0.15, 0.2) is 0 Å². The molecule has 1 aromatic rings. The van der Waals surface area contributed by atoms with Gasteiger partial charge in [-0.1, -0.05) is 6.07 Å². The largest absolute Gasteiger partial charge is 0.399 e. The van der Waals surface area contributed by atoms with Crippen LogP contribution in [0.25, 0.3) is 0 Å². The zero-order valence-electron chi connectivity index (χ0n) is 9.19. The van der Waals surface area contributed by atoms with Crippen LogP contribution in [0.3, 0.4) is 0 Å². The zero-order chi connectivity index (χ0) is 10.3. The maximum Gasteiger partial charge on any atom is 0.0625 e. The predicted octanol–water partition coefficient (Wildman–Crippen LogP) is 1.45. The van der Waals surface area contributed by atoms with E-state index in [1.54, 1.807) is 0 Å². The van der Waals surface area contributed by atoms with E-state index in [2.05, 4.69) is 17.0 Å². The van der Waals surface area contributed by atoms with Crippen LogP contribution in [-0.4, -0.2) is 30.7 Å². The van der Waals surface area contributed by atoms with Crippen LogP contribution in [0.15, 0.2) is 18.2 Å². The number of ether oxygens (including phenoxy) is 1. The van der Waals surface area contributed by atoms with Gasteiger partial charge >= 0.3 is 0 Å². The third-order valence-electron chi connectivity index (χ3n) is 3.41. The Bertz CT molecular complexity index is 383. The minimum Gasteiger partial charge on any atom is -0.399 e. The highest BCUT2D eigenvalue weighted by Gasteiger charge is 2.28. The molecule has 0 amide bonds. The first-order valence-electron chi connectivity index (χ1n) is 5.52. The van der Waals surface area contributed by atoms with E-state index >= 15 is 0 Å². The first-order valence-corrected chi connectivity index (χ1v) is 5.52. The number of hydrogen-bond acceptors (Lipinski definition) is 3. The molecule has 2 aliphatic rings. The molecule has 3 nitrogen and oxygen atoms in total. The van der Waals surface area contributed by atoms with Gasteiger partial charge in [0.1, 0.15) is 0 Å². The Labute approximate surface area is 102 Å². The molecule has 3 rings (SSSR count). The number of anilines is 1. The molecule has 4 heteroatoms. The van der Waals surface area contributed by atoms with Crippen molar-refractivity contribution in [2.24, 2.45) is 0 Å². The van der Waals surface area contributed by atoms with E-state index in [4.69, 9.17) is 10.5 Å². The highest BCUT2D eigenvalue weighted by molar-refractivity contribution is 5.85. The second-order valence-electron chi connectivity index (χ2n) is 4.43. The second kappa shape index (κ2) is 4.62. The minimum absolute atomic E-state index is 0. The van der Waals surface area contributed by atoms with Crippen LogP contribution < -0.4 is 5.73 Å². The SMILES string of the molecule is Cl.Nc1ccc2c(c1)CN1CCOCC1C2. The molecule has 88 valence electrons. The van der Waals surface area contributed by atoms with Crippen LogP contribution >= 0.6 is 12.4 Å². The summed E-state index contributed by atoms with van der Waals surface area (Å²) in [6.45, 7) is 3.84. The highest BCUT2D eigenvalue weighted by atomic mass is 35.5. The molecule has 0 aromatic heterocycles. The van der Waals surface area contributed by atoms with Gasteiger partial charge in [0.05, 0.1) is 13.2 Å². The molecular formula is C12H17ClN2O. The van der Waals surface area contributed by atoms with Crippen molar-refractivity contribution in [2.45, 2.75) is 19.0 Å². The molecule has 0 spiro atoms. The van der Waals surface area contributed by atoms with Crippen molar-refractivity contribution >= 4 is 18.1 Å². The molecule has 1 fully saturated rings. The van der Waals surface area contributed by atoms with Gasteiger partial charge in [0.2, 0.25) is 0 Å². The fourth-order valence-corrected chi connectivity index (χ4v) is 2.55. The highest BCUT2D eigenvalue weighted by Crippen LogP contribution is 2.26. The molecule has 1 saturated heterocycles. The Kier molecular flexibility index (Phi) is 3.38. The normalized spacial score (nSPS) is 24.1. The van der Waals surface area contributed by atoms with Gasteiger partial charge in [-0.05, 0) is 29.7 Å². The van der Waals surface area contributed by atoms with Crippen LogP contribution in [0.2, 0.25) is 0 Å². The summed E-state index contributed by atoms with van der Waals surface area (Å²) in [4.78, 5) is 2.51. The van der Waals surface area contributed by atoms with Crippen molar-refractivity contribution < 1.29 is 4.74 Å². The average Bonchev–Trinajstić information content (AvgIpc) is 2.26. The number of nitrogen functional groups attached to an aromatic ring is 1. The van der Waals surface area contributed by atoms with Crippen LogP contribution in [0.5, 0.6) is 0 Å². The predicted molar refractivity (Wildman–Crippen MR) is 66.8 cm³/mol. The molecular weight excluding hydrogens is 224 g/mol. The quantitative estimate of drug-likeness (QED) is 0.698. The molecule has 0 bridgehead atoms. The molecule has 1 unspecified atom stereocenters. The number of morpholine rings is 1. The summed E-state index contributed by atoms with van der Waals surface area (Å²) >= 11 is 0. The number of nitrogens with zero attached hydrogens (tertiary/aromatic N) is 1. The van der Waals surface area contributed by atoms with E-state index in [-0.39, 0.29) is 12.4 Å². The lowest BCUT2D eigenvalue weighted by Gasteiger charge is -2.39. The Hall–Kier alpha value is -0.770. The van der Waals surface area contributed by atoms with E-state index in [1.165, 1.54) is 11.1 Å². The lowest BCUT2D eigenvalue weighted by molar-refractivity contribution is -0.0163. The number of benzene rings is 1. The van der Waals surface area contributed by atoms with Crippen LogP contribution in [0.4, 0.5) is 5.69 Å². The van der Waals surface area contributed by atoms with Gasteiger partial charge in [-0.25, -0.2) is 0 Å². The fourth-order valence-electron chi connectivity index (χ4n) is 2.55. The van der Waals surface area contributed by atoms with Crippen LogP contribution in [0, 0.1) is 0 Å². The van der Waals surface area contributed by atoms with E-state index in [0.717, 1.165) is 38.4 Å². The molecule has 0 aliphatic carbocycles. The number of hydrogen-bond donors (Lipinski definition) is 1. The van der Waals surface area contributed by atoms with Crippen molar-refractivity contribution in [1.29, 1.82) is 0 Å². The Morgan fingerprint density at radius 2 is 2.19 bits per heavy atom. The maximum atomic E-state index is 5.81. The van der Waals surface area contributed by atoms with Gasteiger partial charge in [-0.3, -0.25) is 4.90 Å². The molecule has 1 atom stereocenters. The summed E-state index contributed by atoms with van der Waals surface area (Å²) in [5.74, 6) is 0. The van der Waals surface area contributed by atoms with Crippen molar-refractivity contribution in [3.05, 3.63) is 29.3 Å². The molecule has 2 aliphatic heterocycles. The van der Waals surface area contributed by atoms with Gasteiger partial charge in [0, 0.05) is 24.8 Å². The zero-order valence-corrected chi connectivity index (χ0v) is 10.0. The molecule has 0 radical (unpaired) electrons. The Morgan fingerprint density at radius 3 is 3.06 bits per heavy atom. The summed E-state index contributed by atoms with van der Waals surface area (Å²) in [6.07, 6.45) is 1.11. The van der Waals surface area contributed by atoms with E-state index in [9.17, 15) is 0 Å². The van der Waals surface area contributed by atoms with Crippen molar-refractivity contribution in [2.75, 3.05) is 25.5 Å². The summed E-state index contributed by atoms with van der Waals surface area (Å²) in [7, 11) is 0. The number of rotatable bonds is 0. The van der Waals surface area contributed by atoms with Gasteiger partial charge in [0.25, 0.3) is 0 Å². The van der Waals surface area contributed by atoms with Gasteiger partial charge < -0.3 is 10.5 Å². The van der Waals surface area contributed by atoms with Gasteiger partial charge in [-0.15, -0.1) is 12.4 Å². The summed E-state index contributed by atoms with van der Waals surface area (Å²) < 4.78 is 5.51. The van der Waals surface area contributed by atoms with Crippen LogP contribution in [0.1, 0.15) is 11.1 Å². The average molecular weight is 241 g/mol. The lowest BCUT2D eigenvalue weighted by Crippen LogP contribution is -2.48. The monoisotopic (exact) mass is 240 g/mol. The minimum atomic E-state index is 0. The van der Waals surface area contributed by atoms with Crippen molar-refractivity contribution in [3.63, 3.8) is 0 Å². The first kappa shape index (κ1) is 11.7.